The van der Waals surface area contributed by atoms with Gasteiger partial charge in [-0.05, 0) is 38.1 Å². The molecule has 2 atom stereocenters. The Hall–Kier alpha value is -0.930. The standard InChI is InChI=1S/C16H26N2O5S/c1-17(24(2,21)22)10-12-3-4-13(23-12)11-18-7-5-16(6-8-18)14(19)9-15(16)20/h3-4,14-15,19-20H,5-11H2,1-2H3/t14-,15+. The minimum Gasteiger partial charge on any atom is -0.463 e. The van der Waals surface area contributed by atoms with Crippen LogP contribution in [0.4, 0.5) is 0 Å². The highest BCUT2D eigenvalue weighted by Gasteiger charge is 2.54. The van der Waals surface area contributed by atoms with E-state index in [1.807, 2.05) is 12.1 Å². The molecular weight excluding hydrogens is 332 g/mol. The van der Waals surface area contributed by atoms with Gasteiger partial charge in [-0.2, -0.15) is 4.31 Å². The smallest absolute Gasteiger partial charge is 0.211 e. The van der Waals surface area contributed by atoms with Gasteiger partial charge in [0.2, 0.25) is 10.0 Å². The Labute approximate surface area is 142 Å². The maximum atomic E-state index is 11.4. The van der Waals surface area contributed by atoms with Crippen LogP contribution < -0.4 is 0 Å². The zero-order valence-electron chi connectivity index (χ0n) is 14.2. The van der Waals surface area contributed by atoms with Crippen LogP contribution in [0.3, 0.4) is 0 Å². The molecule has 0 radical (unpaired) electrons. The summed E-state index contributed by atoms with van der Waals surface area (Å²) in [4.78, 5) is 2.24. The van der Waals surface area contributed by atoms with E-state index in [-0.39, 0.29) is 24.2 Å². The average Bonchev–Trinajstić information content (AvgIpc) is 2.94. The van der Waals surface area contributed by atoms with Gasteiger partial charge in [-0.25, -0.2) is 8.42 Å². The first-order chi connectivity index (χ1) is 11.2. The van der Waals surface area contributed by atoms with Crippen LogP contribution >= 0.6 is 0 Å². The number of aliphatic hydroxyl groups excluding tert-OH is 2. The van der Waals surface area contributed by atoms with Crippen LogP contribution in [0.25, 0.3) is 0 Å². The first-order valence-electron chi connectivity index (χ1n) is 8.28. The molecule has 2 aliphatic rings. The lowest BCUT2D eigenvalue weighted by molar-refractivity contribution is -0.190. The van der Waals surface area contributed by atoms with Gasteiger partial charge in [0.05, 0.1) is 31.6 Å². The van der Waals surface area contributed by atoms with Crippen molar-refractivity contribution in [2.24, 2.45) is 5.41 Å². The Morgan fingerprint density at radius 2 is 1.83 bits per heavy atom. The first-order valence-corrected chi connectivity index (χ1v) is 10.1. The van der Waals surface area contributed by atoms with Gasteiger partial charge in [0.1, 0.15) is 11.5 Å². The Kier molecular flexibility index (Phi) is 4.78. The normalized spacial score (nSPS) is 27.5. The molecule has 24 heavy (non-hydrogen) atoms. The molecule has 1 saturated heterocycles. The number of furan rings is 1. The molecule has 8 heteroatoms. The largest absolute Gasteiger partial charge is 0.463 e. The summed E-state index contributed by atoms with van der Waals surface area (Å²) < 4.78 is 29.9. The van der Waals surface area contributed by atoms with Crippen molar-refractivity contribution >= 4 is 10.0 Å². The van der Waals surface area contributed by atoms with Gasteiger partial charge in [0.15, 0.2) is 0 Å². The number of rotatable bonds is 5. The maximum Gasteiger partial charge on any atom is 0.211 e. The van der Waals surface area contributed by atoms with Crippen LogP contribution in [0, 0.1) is 5.41 Å². The number of likely N-dealkylation sites (tertiary alicyclic amines) is 1. The molecule has 1 spiro atoms. The van der Waals surface area contributed by atoms with Gasteiger partial charge in [-0.15, -0.1) is 0 Å². The molecule has 0 aromatic carbocycles. The molecule has 3 rings (SSSR count). The van der Waals surface area contributed by atoms with E-state index in [0.717, 1.165) is 31.7 Å². The SMILES string of the molecule is CN(Cc1ccc(CN2CCC3(CC2)[C@H](O)C[C@@H]3O)o1)S(C)(=O)=O. The molecule has 7 nitrogen and oxygen atoms in total. The van der Waals surface area contributed by atoms with Crippen LogP contribution in [0.1, 0.15) is 30.8 Å². The summed E-state index contributed by atoms with van der Waals surface area (Å²) in [6, 6.07) is 3.69. The quantitative estimate of drug-likeness (QED) is 0.790. The minimum absolute atomic E-state index is 0.223. The van der Waals surface area contributed by atoms with Crippen molar-refractivity contribution in [3.63, 3.8) is 0 Å². The molecular formula is C16H26N2O5S. The van der Waals surface area contributed by atoms with E-state index < -0.39 is 10.0 Å². The summed E-state index contributed by atoms with van der Waals surface area (Å²) in [5, 5.41) is 19.9. The fourth-order valence-electron chi connectivity index (χ4n) is 3.69. The van der Waals surface area contributed by atoms with Crippen LogP contribution in [0.15, 0.2) is 16.5 Å². The van der Waals surface area contributed by atoms with E-state index in [9.17, 15) is 18.6 Å². The second-order valence-electron chi connectivity index (χ2n) is 7.16. The van der Waals surface area contributed by atoms with Crippen molar-refractivity contribution in [2.75, 3.05) is 26.4 Å². The monoisotopic (exact) mass is 358 g/mol. The van der Waals surface area contributed by atoms with E-state index in [1.165, 1.54) is 17.6 Å². The number of nitrogens with zero attached hydrogens (tertiary/aromatic N) is 2. The topological polar surface area (TPSA) is 94.2 Å². The molecule has 0 bridgehead atoms. The summed E-state index contributed by atoms with van der Waals surface area (Å²) in [6.07, 6.45) is 2.49. The van der Waals surface area contributed by atoms with E-state index in [1.54, 1.807) is 0 Å². The number of sulfonamides is 1. The van der Waals surface area contributed by atoms with Gasteiger partial charge in [-0.3, -0.25) is 4.90 Å². The van der Waals surface area contributed by atoms with Gasteiger partial charge in [-0.1, -0.05) is 0 Å². The van der Waals surface area contributed by atoms with Crippen LogP contribution in [0.5, 0.6) is 0 Å². The Bertz CT molecular complexity index is 668. The van der Waals surface area contributed by atoms with Crippen molar-refractivity contribution < 1.29 is 23.0 Å². The molecule has 0 unspecified atom stereocenters. The summed E-state index contributed by atoms with van der Waals surface area (Å²) >= 11 is 0. The summed E-state index contributed by atoms with van der Waals surface area (Å²) in [6.45, 7) is 2.51. The number of piperidine rings is 1. The zero-order valence-corrected chi connectivity index (χ0v) is 15.0. The molecule has 1 saturated carbocycles. The summed E-state index contributed by atoms with van der Waals surface area (Å²) in [5.74, 6) is 1.42. The average molecular weight is 358 g/mol. The van der Waals surface area contributed by atoms with Crippen molar-refractivity contribution in [3.05, 3.63) is 23.7 Å². The predicted molar refractivity (Wildman–Crippen MR) is 88.6 cm³/mol. The molecule has 2 heterocycles. The molecule has 1 aromatic heterocycles. The fraction of sp³-hybridized carbons (Fsp3) is 0.750. The Morgan fingerprint density at radius 1 is 1.25 bits per heavy atom. The van der Waals surface area contributed by atoms with Crippen molar-refractivity contribution in [2.45, 2.75) is 44.6 Å². The molecule has 2 N–H and O–H groups in total. The number of hydrogen-bond donors (Lipinski definition) is 2. The third-order valence-electron chi connectivity index (χ3n) is 5.60. The number of aliphatic hydroxyl groups is 2. The highest BCUT2D eigenvalue weighted by Crippen LogP contribution is 2.49. The molecule has 1 aromatic rings. The molecule has 136 valence electrons. The highest BCUT2D eigenvalue weighted by atomic mass is 32.2. The third-order valence-corrected chi connectivity index (χ3v) is 6.86. The fourth-order valence-corrected chi connectivity index (χ4v) is 4.05. The second kappa shape index (κ2) is 6.42. The van der Waals surface area contributed by atoms with E-state index in [2.05, 4.69) is 4.90 Å². The van der Waals surface area contributed by atoms with Gasteiger partial charge < -0.3 is 14.6 Å². The maximum absolute atomic E-state index is 11.4. The minimum atomic E-state index is -3.22. The van der Waals surface area contributed by atoms with E-state index >= 15 is 0 Å². The predicted octanol–water partition coefficient (Wildman–Crippen LogP) is 0.379. The van der Waals surface area contributed by atoms with Crippen molar-refractivity contribution in [3.8, 4) is 0 Å². The van der Waals surface area contributed by atoms with Gasteiger partial charge in [0, 0.05) is 18.9 Å². The second-order valence-corrected chi connectivity index (χ2v) is 9.25. The van der Waals surface area contributed by atoms with Crippen LogP contribution in [0.2, 0.25) is 0 Å². The Morgan fingerprint density at radius 3 is 2.38 bits per heavy atom. The van der Waals surface area contributed by atoms with Crippen LogP contribution in [-0.2, 0) is 23.1 Å². The summed E-state index contributed by atoms with van der Waals surface area (Å²) in [5.41, 5.74) is -0.303. The third kappa shape index (κ3) is 3.39. The van der Waals surface area contributed by atoms with Crippen molar-refractivity contribution in [1.82, 2.24) is 9.21 Å². The Balaban J connectivity index is 1.53. The highest BCUT2D eigenvalue weighted by molar-refractivity contribution is 7.88. The first kappa shape index (κ1) is 17.9. The van der Waals surface area contributed by atoms with E-state index in [0.29, 0.717) is 18.7 Å². The van der Waals surface area contributed by atoms with Gasteiger partial charge in [0.25, 0.3) is 0 Å². The number of hydrogen-bond acceptors (Lipinski definition) is 6. The molecule has 1 aliphatic carbocycles. The molecule has 2 fully saturated rings. The molecule has 0 amide bonds. The zero-order chi connectivity index (χ0) is 17.5. The lowest BCUT2D eigenvalue weighted by Gasteiger charge is -2.55. The van der Waals surface area contributed by atoms with Crippen molar-refractivity contribution in [1.29, 1.82) is 0 Å². The van der Waals surface area contributed by atoms with Crippen LogP contribution in [-0.4, -0.2) is 66.4 Å². The lowest BCUT2D eigenvalue weighted by atomic mass is 9.58. The summed E-state index contributed by atoms with van der Waals surface area (Å²) in [7, 11) is -1.70. The molecule has 1 aliphatic heterocycles. The van der Waals surface area contributed by atoms with Gasteiger partial charge >= 0.3 is 0 Å². The lowest BCUT2D eigenvalue weighted by Crippen LogP contribution is -2.61. The van der Waals surface area contributed by atoms with E-state index in [4.69, 9.17) is 4.42 Å².